The Bertz CT molecular complexity index is 1230. The van der Waals surface area contributed by atoms with Crippen LogP contribution >= 0.6 is 34.1 Å². The molecule has 1 aliphatic carbocycles. The number of aromatic nitrogens is 1. The van der Waals surface area contributed by atoms with E-state index in [1.807, 2.05) is 43.3 Å². The van der Waals surface area contributed by atoms with Crippen molar-refractivity contribution in [1.29, 1.82) is 0 Å². The van der Waals surface area contributed by atoms with Crippen molar-refractivity contribution in [3.8, 4) is 5.75 Å². The van der Waals surface area contributed by atoms with Crippen molar-refractivity contribution in [3.05, 3.63) is 77.5 Å². The number of ketones is 1. The molecule has 8 heteroatoms. The molecular formula is C24H23BrNO4PS. The predicted octanol–water partition coefficient (Wildman–Crippen LogP) is 7.44. The molecule has 1 aliphatic rings. The molecule has 0 saturated heterocycles. The van der Waals surface area contributed by atoms with Gasteiger partial charge in [0.05, 0.1) is 11.2 Å². The second-order valence-electron chi connectivity index (χ2n) is 7.35. The van der Waals surface area contributed by atoms with Crippen LogP contribution in [0.3, 0.4) is 0 Å². The molecule has 0 N–H and O–H groups in total. The van der Waals surface area contributed by atoms with E-state index in [0.29, 0.717) is 27.2 Å². The Labute approximate surface area is 200 Å². The van der Waals surface area contributed by atoms with E-state index in [-0.39, 0.29) is 5.78 Å². The summed E-state index contributed by atoms with van der Waals surface area (Å²) in [4.78, 5) is 17.9. The fourth-order valence-corrected chi connectivity index (χ4v) is 7.36. The fraction of sp³-hybridized carbons (Fsp3) is 0.250. The molecule has 0 radical (unpaired) electrons. The van der Waals surface area contributed by atoms with Gasteiger partial charge in [0.25, 0.3) is 0 Å². The van der Waals surface area contributed by atoms with E-state index >= 15 is 0 Å². The van der Waals surface area contributed by atoms with Crippen molar-refractivity contribution in [2.75, 3.05) is 5.75 Å². The number of fused-ring (bicyclic) bond motifs is 2. The molecule has 0 spiro atoms. The summed E-state index contributed by atoms with van der Waals surface area (Å²) in [5.41, 5.74) is 2.94. The number of pyridine rings is 1. The van der Waals surface area contributed by atoms with Crippen LogP contribution in [0.1, 0.15) is 41.9 Å². The fourth-order valence-electron chi connectivity index (χ4n) is 3.34. The van der Waals surface area contributed by atoms with Gasteiger partial charge in [-0.1, -0.05) is 44.2 Å². The minimum atomic E-state index is -3.66. The van der Waals surface area contributed by atoms with Crippen molar-refractivity contribution in [2.24, 2.45) is 0 Å². The van der Waals surface area contributed by atoms with E-state index in [0.717, 1.165) is 40.7 Å². The number of aryl methyl sites for hydroxylation is 1. The van der Waals surface area contributed by atoms with Gasteiger partial charge in [-0.25, -0.2) is 9.55 Å². The number of para-hydroxylation sites is 1. The van der Waals surface area contributed by atoms with Gasteiger partial charge in [0.1, 0.15) is 5.75 Å². The average Bonchev–Trinajstić information content (AvgIpc) is 2.80. The lowest BCUT2D eigenvalue weighted by Gasteiger charge is -2.25. The zero-order chi connectivity index (χ0) is 22.7. The third kappa shape index (κ3) is 5.01. The topological polar surface area (TPSA) is 65.5 Å². The maximum Gasteiger partial charge on any atom is 0.441 e. The summed E-state index contributed by atoms with van der Waals surface area (Å²) < 4.78 is 26.0. The third-order valence-corrected chi connectivity index (χ3v) is 9.46. The number of benzene rings is 2. The molecule has 1 aromatic heterocycles. The Kier molecular flexibility index (Phi) is 7.21. The Morgan fingerprint density at radius 1 is 1.12 bits per heavy atom. The van der Waals surface area contributed by atoms with Crippen LogP contribution in [0.4, 0.5) is 0 Å². The van der Waals surface area contributed by atoms with Crippen molar-refractivity contribution in [2.45, 2.75) is 32.8 Å². The molecule has 32 heavy (non-hydrogen) atoms. The van der Waals surface area contributed by atoms with Crippen LogP contribution in [0.15, 0.2) is 60.7 Å². The molecule has 2 unspecified atom stereocenters. The smallest absolute Gasteiger partial charge is 0.417 e. The first kappa shape index (κ1) is 23.2. The Balaban J connectivity index is 1.63. The van der Waals surface area contributed by atoms with Gasteiger partial charge in [0.2, 0.25) is 0 Å². The molecule has 0 fully saturated rings. The number of nitrogens with zero attached hydrogens (tertiary/aromatic N) is 1. The molecule has 0 saturated carbocycles. The van der Waals surface area contributed by atoms with Crippen LogP contribution in [-0.4, -0.2) is 22.6 Å². The zero-order valence-corrected chi connectivity index (χ0v) is 21.1. The maximum absolute atomic E-state index is 13.6. The van der Waals surface area contributed by atoms with Gasteiger partial charge in [-0.3, -0.25) is 9.32 Å². The second kappa shape index (κ2) is 9.92. The Hall–Kier alpha value is -1.92. The third-order valence-electron chi connectivity index (χ3n) is 5.02. The minimum Gasteiger partial charge on any atom is -0.417 e. The number of rotatable bonds is 8. The van der Waals surface area contributed by atoms with Crippen molar-refractivity contribution in [1.82, 2.24) is 4.98 Å². The van der Waals surface area contributed by atoms with E-state index in [4.69, 9.17) is 9.05 Å². The standard InChI is InChI=1S/C24H23BrNO4PS/c1-3-13-32-31(28,29-18-11-9-16(4-2)10-12-18)30-22-15-20(25)23-19(24(22)27)14-17-7-5-6-8-21(17)26-23/h5-12,14-15,22H,3-4,13H2,1-2H3. The quantitative estimate of drug-likeness (QED) is 0.281. The monoisotopic (exact) mass is 531 g/mol. The van der Waals surface area contributed by atoms with Crippen LogP contribution < -0.4 is 4.52 Å². The average molecular weight is 532 g/mol. The molecular weight excluding hydrogens is 509 g/mol. The van der Waals surface area contributed by atoms with Crippen molar-refractivity contribution in [3.63, 3.8) is 0 Å². The first-order valence-corrected chi connectivity index (χ1v) is 14.4. The summed E-state index contributed by atoms with van der Waals surface area (Å²) in [7, 11) is 0. The molecule has 0 aliphatic heterocycles. The number of carbonyl (C=O) groups is 1. The summed E-state index contributed by atoms with van der Waals surface area (Å²) in [6, 6.07) is 16.8. The summed E-state index contributed by atoms with van der Waals surface area (Å²) in [5, 5.41) is 0.858. The highest BCUT2D eigenvalue weighted by molar-refractivity contribution is 9.15. The number of hydrogen-bond acceptors (Lipinski definition) is 6. The molecule has 2 aromatic carbocycles. The zero-order valence-electron chi connectivity index (χ0n) is 17.8. The van der Waals surface area contributed by atoms with Gasteiger partial charge in [-0.2, -0.15) is 0 Å². The number of halogens is 1. The van der Waals surface area contributed by atoms with E-state index in [1.165, 1.54) is 0 Å². The molecule has 166 valence electrons. The molecule has 0 amide bonds. The number of hydrogen-bond donors (Lipinski definition) is 0. The van der Waals surface area contributed by atoms with Gasteiger partial charge < -0.3 is 4.52 Å². The largest absolute Gasteiger partial charge is 0.441 e. The van der Waals surface area contributed by atoms with Crippen LogP contribution in [0.2, 0.25) is 0 Å². The van der Waals surface area contributed by atoms with Crippen LogP contribution in [0.25, 0.3) is 15.4 Å². The summed E-state index contributed by atoms with van der Waals surface area (Å²) in [6.45, 7) is 0.390. The lowest BCUT2D eigenvalue weighted by atomic mass is 9.97. The van der Waals surface area contributed by atoms with Gasteiger partial charge in [0.15, 0.2) is 11.9 Å². The molecule has 1 heterocycles. The van der Waals surface area contributed by atoms with E-state index in [9.17, 15) is 9.36 Å². The maximum atomic E-state index is 13.6. The van der Waals surface area contributed by atoms with Crippen LogP contribution in [0, 0.1) is 0 Å². The normalized spacial score (nSPS) is 17.5. The lowest BCUT2D eigenvalue weighted by Crippen LogP contribution is -2.26. The van der Waals surface area contributed by atoms with Crippen molar-refractivity contribution < 1.29 is 18.4 Å². The second-order valence-corrected chi connectivity index (χ2v) is 12.3. The van der Waals surface area contributed by atoms with Crippen molar-refractivity contribution >= 4 is 55.3 Å². The SMILES string of the molecule is CCCSP(=O)(Oc1ccc(CC)cc1)OC1C=C(Br)c2nc3ccccc3cc2C1=O. The first-order chi connectivity index (χ1) is 15.4. The summed E-state index contributed by atoms with van der Waals surface area (Å²) in [5.74, 6) is 0.746. The van der Waals surface area contributed by atoms with Gasteiger partial charge in [-0.15, -0.1) is 0 Å². The first-order valence-electron chi connectivity index (χ1n) is 10.5. The number of Topliss-reactive ketones (excluding diaryl/α,β-unsaturated/α-hetero) is 1. The molecule has 5 nitrogen and oxygen atoms in total. The molecule has 3 aromatic rings. The molecule has 0 bridgehead atoms. The van der Waals surface area contributed by atoms with Crippen LogP contribution in [0.5, 0.6) is 5.75 Å². The van der Waals surface area contributed by atoms with E-state index in [1.54, 1.807) is 24.3 Å². The Morgan fingerprint density at radius 3 is 2.59 bits per heavy atom. The summed E-state index contributed by atoms with van der Waals surface area (Å²) >= 11 is 4.62. The van der Waals surface area contributed by atoms with Gasteiger partial charge in [0, 0.05) is 21.2 Å². The summed E-state index contributed by atoms with van der Waals surface area (Å²) in [6.07, 6.45) is 2.27. The highest BCUT2D eigenvalue weighted by Crippen LogP contribution is 2.61. The molecule has 4 rings (SSSR count). The van der Waals surface area contributed by atoms with E-state index in [2.05, 4.69) is 27.8 Å². The van der Waals surface area contributed by atoms with Gasteiger partial charge >= 0.3 is 6.80 Å². The van der Waals surface area contributed by atoms with Gasteiger partial charge in [-0.05, 0) is 76.1 Å². The Morgan fingerprint density at radius 2 is 1.88 bits per heavy atom. The molecule has 2 atom stereocenters. The predicted molar refractivity (Wildman–Crippen MR) is 135 cm³/mol. The lowest BCUT2D eigenvalue weighted by molar-refractivity contribution is 0.0841. The minimum absolute atomic E-state index is 0.288. The highest BCUT2D eigenvalue weighted by atomic mass is 79.9. The highest BCUT2D eigenvalue weighted by Gasteiger charge is 2.37. The number of carbonyl (C=O) groups excluding carboxylic acids is 1. The van der Waals surface area contributed by atoms with Crippen LogP contribution in [-0.2, 0) is 15.5 Å². The van der Waals surface area contributed by atoms with E-state index < -0.39 is 12.9 Å².